The molecule has 0 spiro atoms. The van der Waals surface area contributed by atoms with Gasteiger partial charge in [0.15, 0.2) is 0 Å². The maximum atomic E-state index is 13.2. The van der Waals surface area contributed by atoms with Crippen molar-refractivity contribution >= 4 is 17.8 Å². The number of hydrogen-bond acceptors (Lipinski definition) is 3. The zero-order valence-electron chi connectivity index (χ0n) is 18.0. The van der Waals surface area contributed by atoms with Crippen LogP contribution in [0.3, 0.4) is 0 Å². The lowest BCUT2D eigenvalue weighted by Gasteiger charge is -2.35. The zero-order valence-corrected chi connectivity index (χ0v) is 18.0. The first kappa shape index (κ1) is 23.4. The molecule has 0 aromatic heterocycles. The lowest BCUT2D eigenvalue weighted by molar-refractivity contribution is -0.151. The minimum absolute atomic E-state index is 0.0367. The molecule has 0 aromatic rings. The van der Waals surface area contributed by atoms with E-state index in [1.165, 1.54) is 4.90 Å². The van der Waals surface area contributed by atoms with E-state index in [0.29, 0.717) is 6.42 Å². The normalized spacial score (nSPS) is 18.8. The first-order valence-electron chi connectivity index (χ1n) is 10.1. The van der Waals surface area contributed by atoms with Gasteiger partial charge in [-0.3, -0.25) is 14.4 Å². The van der Waals surface area contributed by atoms with Crippen LogP contribution < -0.4 is 5.32 Å². The Morgan fingerprint density at radius 2 is 1.63 bits per heavy atom. The average Bonchev–Trinajstić information content (AvgIpc) is 3.03. The number of aliphatic carboxylic acids is 1. The van der Waals surface area contributed by atoms with Crippen molar-refractivity contribution in [3.8, 4) is 0 Å². The van der Waals surface area contributed by atoms with Crippen LogP contribution in [-0.4, -0.2) is 47.9 Å². The molecular formula is C21H38N2O4. The van der Waals surface area contributed by atoms with Gasteiger partial charge in [0, 0.05) is 14.1 Å². The van der Waals surface area contributed by atoms with Gasteiger partial charge in [-0.2, -0.15) is 0 Å². The van der Waals surface area contributed by atoms with Crippen LogP contribution in [0.25, 0.3) is 0 Å². The minimum Gasteiger partial charge on any atom is -0.481 e. The predicted molar refractivity (Wildman–Crippen MR) is 106 cm³/mol. The Hall–Kier alpha value is -1.59. The Balaban J connectivity index is 3.14. The summed E-state index contributed by atoms with van der Waals surface area (Å²) in [6.07, 6.45) is 4.27. The lowest BCUT2D eigenvalue weighted by Crippen LogP contribution is -2.55. The van der Waals surface area contributed by atoms with Crippen LogP contribution in [0.5, 0.6) is 0 Å². The number of amides is 2. The van der Waals surface area contributed by atoms with Gasteiger partial charge in [-0.1, -0.05) is 47.5 Å². The molecule has 2 amide bonds. The molecule has 0 unspecified atom stereocenters. The van der Waals surface area contributed by atoms with Crippen molar-refractivity contribution in [1.29, 1.82) is 0 Å². The minimum atomic E-state index is -0.894. The number of carboxylic acids is 1. The van der Waals surface area contributed by atoms with E-state index in [0.717, 1.165) is 25.7 Å². The standard InChI is InChI=1S/C21H38N2O4/c1-13(2)12-15(16(20(26)27)14-10-8-9-11-14)18(24)22-17(21(3,4)5)19(25)23(6)7/h13-17H,8-12H2,1-7H3,(H,22,24)(H,26,27)/t15-,16+,17-/m1/s1. The molecule has 0 aliphatic heterocycles. The highest BCUT2D eigenvalue weighted by atomic mass is 16.4. The number of nitrogens with one attached hydrogen (secondary N) is 1. The van der Waals surface area contributed by atoms with Gasteiger partial charge < -0.3 is 15.3 Å². The van der Waals surface area contributed by atoms with Gasteiger partial charge in [-0.05, 0) is 36.5 Å². The molecule has 1 fully saturated rings. The lowest BCUT2D eigenvalue weighted by atomic mass is 9.75. The van der Waals surface area contributed by atoms with E-state index in [1.54, 1.807) is 14.1 Å². The Kier molecular flexibility index (Phi) is 8.30. The molecule has 1 saturated carbocycles. The van der Waals surface area contributed by atoms with Crippen LogP contribution in [-0.2, 0) is 14.4 Å². The fourth-order valence-corrected chi connectivity index (χ4v) is 4.10. The summed E-state index contributed by atoms with van der Waals surface area (Å²) >= 11 is 0. The van der Waals surface area contributed by atoms with E-state index in [1.807, 2.05) is 34.6 Å². The summed E-state index contributed by atoms with van der Waals surface area (Å²) in [5, 5.41) is 12.8. The maximum Gasteiger partial charge on any atom is 0.307 e. The van der Waals surface area contributed by atoms with E-state index < -0.39 is 29.3 Å². The largest absolute Gasteiger partial charge is 0.481 e. The van der Waals surface area contributed by atoms with Crippen LogP contribution in [0.1, 0.15) is 66.7 Å². The highest BCUT2D eigenvalue weighted by Gasteiger charge is 2.43. The molecule has 0 aromatic carbocycles. The van der Waals surface area contributed by atoms with E-state index >= 15 is 0 Å². The van der Waals surface area contributed by atoms with Gasteiger partial charge in [0.2, 0.25) is 11.8 Å². The highest BCUT2D eigenvalue weighted by molar-refractivity contribution is 5.90. The summed E-state index contributed by atoms with van der Waals surface area (Å²) in [5.41, 5.74) is -0.467. The SMILES string of the molecule is CC(C)C[C@@H](C(=O)N[C@H](C(=O)N(C)C)C(C)(C)C)[C@@H](C(=O)O)C1CCCC1. The predicted octanol–water partition coefficient (Wildman–Crippen LogP) is 3.16. The number of nitrogens with zero attached hydrogens (tertiary/aromatic N) is 1. The Labute approximate surface area is 164 Å². The molecule has 27 heavy (non-hydrogen) atoms. The van der Waals surface area contributed by atoms with Gasteiger partial charge in [-0.25, -0.2) is 0 Å². The van der Waals surface area contributed by atoms with Crippen molar-refractivity contribution in [3.05, 3.63) is 0 Å². The molecule has 1 aliphatic carbocycles. The van der Waals surface area contributed by atoms with E-state index in [9.17, 15) is 19.5 Å². The molecular weight excluding hydrogens is 344 g/mol. The smallest absolute Gasteiger partial charge is 0.307 e. The summed E-state index contributed by atoms with van der Waals surface area (Å²) < 4.78 is 0. The van der Waals surface area contributed by atoms with Crippen LogP contribution in [0.15, 0.2) is 0 Å². The highest BCUT2D eigenvalue weighted by Crippen LogP contribution is 2.38. The van der Waals surface area contributed by atoms with Crippen molar-refractivity contribution in [2.45, 2.75) is 72.8 Å². The third kappa shape index (κ3) is 6.51. The van der Waals surface area contributed by atoms with Gasteiger partial charge in [0.25, 0.3) is 0 Å². The summed E-state index contributed by atoms with van der Waals surface area (Å²) in [6, 6.07) is -0.687. The van der Waals surface area contributed by atoms with Crippen molar-refractivity contribution in [2.75, 3.05) is 14.1 Å². The van der Waals surface area contributed by atoms with Crippen LogP contribution in [0, 0.1) is 29.1 Å². The molecule has 0 radical (unpaired) electrons. The topological polar surface area (TPSA) is 86.7 Å². The molecule has 6 heteroatoms. The van der Waals surface area contributed by atoms with Crippen LogP contribution in [0.4, 0.5) is 0 Å². The maximum absolute atomic E-state index is 13.2. The van der Waals surface area contributed by atoms with Crippen molar-refractivity contribution < 1.29 is 19.5 Å². The van der Waals surface area contributed by atoms with Gasteiger partial charge in [0.1, 0.15) is 6.04 Å². The first-order valence-corrected chi connectivity index (χ1v) is 10.1. The van der Waals surface area contributed by atoms with Gasteiger partial charge in [0.05, 0.1) is 11.8 Å². The van der Waals surface area contributed by atoms with Crippen molar-refractivity contribution in [2.24, 2.45) is 29.1 Å². The summed E-state index contributed by atoms with van der Waals surface area (Å²) in [6.45, 7) is 9.72. The molecule has 0 heterocycles. The van der Waals surface area contributed by atoms with E-state index in [2.05, 4.69) is 5.32 Å². The van der Waals surface area contributed by atoms with Gasteiger partial charge >= 0.3 is 5.97 Å². The number of carbonyl (C=O) groups is 3. The summed E-state index contributed by atoms with van der Waals surface area (Å²) in [7, 11) is 3.33. The number of likely N-dealkylation sites (N-methyl/N-ethyl adjacent to an activating group) is 1. The Morgan fingerprint density at radius 1 is 1.11 bits per heavy atom. The zero-order chi connectivity index (χ0) is 20.9. The Morgan fingerprint density at radius 3 is 2.00 bits per heavy atom. The second-order valence-corrected chi connectivity index (χ2v) is 9.68. The second-order valence-electron chi connectivity index (χ2n) is 9.68. The van der Waals surface area contributed by atoms with Crippen LogP contribution >= 0.6 is 0 Å². The molecule has 156 valence electrons. The fraction of sp³-hybridized carbons (Fsp3) is 0.857. The first-order chi connectivity index (χ1) is 12.4. The van der Waals surface area contributed by atoms with Gasteiger partial charge in [-0.15, -0.1) is 0 Å². The van der Waals surface area contributed by atoms with Crippen LogP contribution in [0.2, 0.25) is 0 Å². The monoisotopic (exact) mass is 382 g/mol. The number of hydrogen-bond donors (Lipinski definition) is 2. The summed E-state index contributed by atoms with van der Waals surface area (Å²) in [5.74, 6) is -2.45. The van der Waals surface area contributed by atoms with E-state index in [4.69, 9.17) is 0 Å². The van der Waals surface area contributed by atoms with E-state index in [-0.39, 0.29) is 23.7 Å². The number of carboxylic acid groups (broad SMARTS) is 1. The molecule has 1 rings (SSSR count). The second kappa shape index (κ2) is 9.56. The fourth-order valence-electron chi connectivity index (χ4n) is 4.10. The third-order valence-electron chi connectivity index (χ3n) is 5.53. The van der Waals surface area contributed by atoms with Crippen molar-refractivity contribution in [3.63, 3.8) is 0 Å². The third-order valence-corrected chi connectivity index (χ3v) is 5.53. The van der Waals surface area contributed by atoms with Crippen molar-refractivity contribution in [1.82, 2.24) is 10.2 Å². The average molecular weight is 383 g/mol. The quantitative estimate of drug-likeness (QED) is 0.675. The molecule has 0 bridgehead atoms. The molecule has 2 N–H and O–H groups in total. The number of carbonyl (C=O) groups excluding carboxylic acids is 2. The molecule has 1 aliphatic rings. The summed E-state index contributed by atoms with van der Waals surface area (Å²) in [4.78, 5) is 39.4. The number of rotatable bonds is 8. The Bertz CT molecular complexity index is 531. The molecule has 6 nitrogen and oxygen atoms in total. The molecule has 3 atom stereocenters. The molecule has 0 saturated heterocycles.